The van der Waals surface area contributed by atoms with Crippen LogP contribution >= 0.6 is 11.3 Å². The second-order valence-corrected chi connectivity index (χ2v) is 14.2. The number of benzene rings is 2. The molecule has 46 heavy (non-hydrogen) atoms. The third kappa shape index (κ3) is 6.42. The van der Waals surface area contributed by atoms with Crippen LogP contribution in [0.4, 0.5) is 10.9 Å². The molecule has 4 heterocycles. The standard InChI is InChI=1S/C15H13N3O4S.C13H11N3O4S2.CH4/c1-18-13(15(20)17-12-8-4-5-9-16-12)14(19)10-6-2-3-7-11(10)23(18,21)22;1-7-6-14-13(21-7)15-12(18)10-11(17)8-4-2-3-5-9(8)22(19,20)16-10;/h2-9,19H,1H3,(H,16,17,20);2-6,16-17H,1H3,(H,14,15,18);1H4. The summed E-state index contributed by atoms with van der Waals surface area (Å²) in [6, 6.07) is 16.8. The first-order valence-electron chi connectivity index (χ1n) is 12.8. The minimum atomic E-state index is -3.91. The molecule has 2 aromatic heterocycles. The van der Waals surface area contributed by atoms with E-state index in [1.165, 1.54) is 54.9 Å². The molecule has 0 aliphatic carbocycles. The number of aromatic nitrogens is 2. The number of aliphatic hydroxyl groups excluding tert-OH is 2. The number of thiazole rings is 1. The largest absolute Gasteiger partial charge is 0.505 e. The van der Waals surface area contributed by atoms with Crippen molar-refractivity contribution in [1.29, 1.82) is 0 Å². The second-order valence-electron chi connectivity index (χ2n) is 9.39. The Kier molecular flexibility index (Phi) is 9.50. The molecular formula is C29H28N6O8S3. The summed E-state index contributed by atoms with van der Waals surface area (Å²) in [5.74, 6) is -2.10. The first-order chi connectivity index (χ1) is 21.3. The number of pyridine rings is 1. The maximum atomic E-state index is 12.5. The molecule has 2 aliphatic heterocycles. The smallest absolute Gasteiger partial charge is 0.278 e. The maximum absolute atomic E-state index is 12.5. The number of likely N-dealkylation sites (N-methyl/N-ethyl adjacent to an activating group) is 1. The SMILES string of the molecule is C.CN1C(C(=O)Nc2ccccn2)=C(O)c2ccccc2S1(=O)=O.Cc1cnc(NC(=O)C2=C(O)c3ccccc3S(=O)(=O)N2)s1. The van der Waals surface area contributed by atoms with Gasteiger partial charge in [-0.15, -0.1) is 11.3 Å². The number of nitrogens with zero attached hydrogens (tertiary/aromatic N) is 3. The van der Waals surface area contributed by atoms with Crippen LogP contribution in [-0.4, -0.2) is 60.2 Å². The topological polar surface area (TPSA) is 208 Å². The lowest BCUT2D eigenvalue weighted by Crippen LogP contribution is -2.37. The molecule has 0 atom stereocenters. The number of carbonyl (C=O) groups excluding carboxylic acids is 2. The summed E-state index contributed by atoms with van der Waals surface area (Å²) in [7, 11) is -6.59. The summed E-state index contributed by atoms with van der Waals surface area (Å²) in [5, 5.41) is 25.8. The maximum Gasteiger partial charge on any atom is 0.278 e. The van der Waals surface area contributed by atoms with E-state index in [2.05, 4.69) is 25.3 Å². The van der Waals surface area contributed by atoms with E-state index in [1.807, 2.05) is 6.92 Å². The zero-order valence-corrected chi connectivity index (χ0v) is 25.9. The Morgan fingerprint density at radius 3 is 2.04 bits per heavy atom. The molecule has 14 nitrogen and oxygen atoms in total. The van der Waals surface area contributed by atoms with E-state index in [9.17, 15) is 36.6 Å². The van der Waals surface area contributed by atoms with Crippen LogP contribution in [0.3, 0.4) is 0 Å². The zero-order valence-electron chi connectivity index (χ0n) is 23.4. The summed E-state index contributed by atoms with van der Waals surface area (Å²) in [6.45, 7) is 1.82. The minimum Gasteiger partial charge on any atom is -0.505 e. The van der Waals surface area contributed by atoms with E-state index < -0.39 is 49.1 Å². The quantitative estimate of drug-likeness (QED) is 0.210. The fourth-order valence-corrected chi connectivity index (χ4v) is 7.63. The van der Waals surface area contributed by atoms with E-state index in [0.29, 0.717) is 5.13 Å². The number of hydrogen-bond donors (Lipinski definition) is 5. The number of carbonyl (C=O) groups is 2. The van der Waals surface area contributed by atoms with Gasteiger partial charge in [0.1, 0.15) is 5.82 Å². The van der Waals surface area contributed by atoms with Crippen molar-refractivity contribution in [2.45, 2.75) is 24.1 Å². The highest BCUT2D eigenvalue weighted by atomic mass is 32.2. The van der Waals surface area contributed by atoms with Gasteiger partial charge in [-0.2, -0.15) is 0 Å². The third-order valence-electron chi connectivity index (χ3n) is 6.42. The highest BCUT2D eigenvalue weighted by Crippen LogP contribution is 2.34. The van der Waals surface area contributed by atoms with Crippen LogP contribution in [0.5, 0.6) is 0 Å². The number of aryl methyl sites for hydroxylation is 1. The van der Waals surface area contributed by atoms with Gasteiger partial charge in [-0.1, -0.05) is 37.8 Å². The monoisotopic (exact) mass is 684 g/mol. The lowest BCUT2D eigenvalue weighted by atomic mass is 10.1. The van der Waals surface area contributed by atoms with Crippen LogP contribution in [-0.2, 0) is 29.6 Å². The first kappa shape index (κ1) is 33.6. The van der Waals surface area contributed by atoms with Crippen LogP contribution in [0.15, 0.2) is 100 Å². The second kappa shape index (κ2) is 13.0. The predicted octanol–water partition coefficient (Wildman–Crippen LogP) is 3.83. The van der Waals surface area contributed by atoms with Crippen LogP contribution in [0.25, 0.3) is 11.5 Å². The summed E-state index contributed by atoms with van der Waals surface area (Å²) >= 11 is 1.24. The van der Waals surface area contributed by atoms with Gasteiger partial charge in [-0.05, 0) is 43.3 Å². The Hall–Kier alpha value is -5.26. The van der Waals surface area contributed by atoms with Crippen molar-refractivity contribution in [3.8, 4) is 0 Å². The van der Waals surface area contributed by atoms with Crippen LogP contribution < -0.4 is 15.4 Å². The lowest BCUT2D eigenvalue weighted by molar-refractivity contribution is -0.114. The highest BCUT2D eigenvalue weighted by molar-refractivity contribution is 7.90. The van der Waals surface area contributed by atoms with Crippen molar-refractivity contribution in [1.82, 2.24) is 19.0 Å². The van der Waals surface area contributed by atoms with Crippen molar-refractivity contribution in [3.05, 3.63) is 107 Å². The first-order valence-corrected chi connectivity index (χ1v) is 16.6. The van der Waals surface area contributed by atoms with Gasteiger partial charge in [0.05, 0.1) is 9.79 Å². The fourth-order valence-electron chi connectivity index (χ4n) is 4.29. The van der Waals surface area contributed by atoms with Crippen LogP contribution in [0.1, 0.15) is 23.4 Å². The molecule has 0 saturated heterocycles. The number of hydrogen-bond acceptors (Lipinski definition) is 11. The molecule has 2 aliphatic rings. The van der Waals surface area contributed by atoms with Gasteiger partial charge in [-0.3, -0.25) is 23.9 Å². The molecule has 0 unspecified atom stereocenters. The Balaban J connectivity index is 0.000000205. The molecule has 0 fully saturated rings. The lowest BCUT2D eigenvalue weighted by Gasteiger charge is -2.28. The van der Waals surface area contributed by atoms with Crippen molar-refractivity contribution < 1.29 is 36.6 Å². The summed E-state index contributed by atoms with van der Waals surface area (Å²) in [4.78, 5) is 33.3. The highest BCUT2D eigenvalue weighted by Gasteiger charge is 2.38. The number of fused-ring (bicyclic) bond motifs is 2. The van der Waals surface area contributed by atoms with Crippen molar-refractivity contribution in [3.63, 3.8) is 0 Å². The average molecular weight is 685 g/mol. The summed E-state index contributed by atoms with van der Waals surface area (Å²) in [6.07, 6.45) is 3.06. The van der Waals surface area contributed by atoms with Gasteiger partial charge in [0.25, 0.3) is 31.9 Å². The average Bonchev–Trinajstić information content (AvgIpc) is 3.43. The molecule has 0 spiro atoms. The molecule has 6 rings (SSSR count). The molecule has 2 amide bonds. The van der Waals surface area contributed by atoms with Gasteiger partial charge in [0.15, 0.2) is 28.0 Å². The van der Waals surface area contributed by atoms with E-state index in [1.54, 1.807) is 42.6 Å². The van der Waals surface area contributed by atoms with Crippen molar-refractivity contribution in [2.75, 3.05) is 17.7 Å². The van der Waals surface area contributed by atoms with Gasteiger partial charge < -0.3 is 15.5 Å². The summed E-state index contributed by atoms with van der Waals surface area (Å²) in [5.41, 5.74) is -0.598. The summed E-state index contributed by atoms with van der Waals surface area (Å²) < 4.78 is 52.1. The molecule has 5 N–H and O–H groups in total. The number of rotatable bonds is 4. The Morgan fingerprint density at radius 1 is 0.826 bits per heavy atom. The minimum absolute atomic E-state index is 0. The van der Waals surface area contributed by atoms with E-state index in [0.717, 1.165) is 9.18 Å². The van der Waals surface area contributed by atoms with Gasteiger partial charge in [-0.25, -0.2) is 26.8 Å². The van der Waals surface area contributed by atoms with Gasteiger partial charge in [0.2, 0.25) is 0 Å². The number of anilines is 2. The van der Waals surface area contributed by atoms with E-state index in [4.69, 9.17) is 0 Å². The van der Waals surface area contributed by atoms with Crippen LogP contribution in [0.2, 0.25) is 0 Å². The normalized spacial score (nSPS) is 15.6. The molecule has 0 bridgehead atoms. The number of amides is 2. The fraction of sp³-hybridized carbons (Fsp3) is 0.103. The molecule has 4 aromatic rings. The Morgan fingerprint density at radius 2 is 1.43 bits per heavy atom. The molecule has 2 aromatic carbocycles. The van der Waals surface area contributed by atoms with Gasteiger partial charge in [0, 0.05) is 35.4 Å². The van der Waals surface area contributed by atoms with E-state index >= 15 is 0 Å². The number of aliphatic hydroxyl groups is 2. The molecule has 17 heteroatoms. The third-order valence-corrected chi connectivity index (χ3v) is 10.5. The molecule has 0 radical (unpaired) electrons. The predicted molar refractivity (Wildman–Crippen MR) is 172 cm³/mol. The van der Waals surface area contributed by atoms with Crippen molar-refractivity contribution in [2.24, 2.45) is 0 Å². The molecular weight excluding hydrogens is 657 g/mol. The molecule has 240 valence electrons. The number of nitrogens with one attached hydrogen (secondary N) is 3. The molecule has 0 saturated carbocycles. The Labute approximate surface area is 268 Å². The van der Waals surface area contributed by atoms with Crippen molar-refractivity contribution >= 4 is 65.7 Å². The zero-order chi connectivity index (χ0) is 32.5. The van der Waals surface area contributed by atoms with Crippen LogP contribution in [0, 0.1) is 6.92 Å². The van der Waals surface area contributed by atoms with Gasteiger partial charge >= 0.3 is 0 Å². The Bertz CT molecular complexity index is 2110. The van der Waals surface area contributed by atoms with E-state index in [-0.39, 0.29) is 39.9 Å². The number of sulfonamides is 2.